The fourth-order valence-electron chi connectivity index (χ4n) is 3.77. The van der Waals surface area contributed by atoms with E-state index in [-0.39, 0.29) is 17.6 Å². The molecule has 1 amide bonds. The third-order valence-electron chi connectivity index (χ3n) is 4.97. The van der Waals surface area contributed by atoms with E-state index in [4.69, 9.17) is 9.47 Å². The Kier molecular flexibility index (Phi) is 4.17. The predicted octanol–water partition coefficient (Wildman–Crippen LogP) is 1.66. The summed E-state index contributed by atoms with van der Waals surface area (Å²) in [5.41, 5.74) is 0.294. The summed E-state index contributed by atoms with van der Waals surface area (Å²) in [6.45, 7) is 1.88. The fraction of sp³-hybridized carbons (Fsp3) is 0.500. The Labute approximate surface area is 146 Å². The van der Waals surface area contributed by atoms with Crippen molar-refractivity contribution in [3.05, 3.63) is 42.4 Å². The third-order valence-corrected chi connectivity index (χ3v) is 4.97. The number of pyridine rings is 1. The number of amides is 1. The number of nitrogens with zero attached hydrogens (tertiary/aromatic N) is 4. The van der Waals surface area contributed by atoms with Crippen LogP contribution in [0.1, 0.15) is 29.8 Å². The van der Waals surface area contributed by atoms with E-state index in [9.17, 15) is 4.79 Å². The molecule has 4 rings (SSSR count). The molecule has 0 radical (unpaired) electrons. The van der Waals surface area contributed by atoms with Gasteiger partial charge in [0, 0.05) is 38.5 Å². The van der Waals surface area contributed by atoms with Gasteiger partial charge in [0.15, 0.2) is 0 Å². The molecule has 0 aromatic carbocycles. The van der Waals surface area contributed by atoms with E-state index in [0.29, 0.717) is 24.7 Å². The van der Waals surface area contributed by atoms with E-state index in [0.717, 1.165) is 25.8 Å². The van der Waals surface area contributed by atoms with E-state index < -0.39 is 0 Å². The van der Waals surface area contributed by atoms with Gasteiger partial charge >= 0.3 is 0 Å². The second-order valence-electron chi connectivity index (χ2n) is 6.78. The van der Waals surface area contributed by atoms with Gasteiger partial charge in [0.05, 0.1) is 18.8 Å². The van der Waals surface area contributed by atoms with Gasteiger partial charge in [0.25, 0.3) is 5.91 Å². The van der Waals surface area contributed by atoms with Gasteiger partial charge in [0.1, 0.15) is 11.8 Å². The van der Waals surface area contributed by atoms with Crippen molar-refractivity contribution < 1.29 is 14.3 Å². The van der Waals surface area contributed by atoms with Crippen LogP contribution in [0.15, 0.2) is 36.7 Å². The summed E-state index contributed by atoms with van der Waals surface area (Å²) in [6.07, 6.45) is 6.00. The van der Waals surface area contributed by atoms with Crippen LogP contribution in [0.4, 0.5) is 0 Å². The van der Waals surface area contributed by atoms with Crippen molar-refractivity contribution in [3.63, 3.8) is 0 Å². The Morgan fingerprint density at radius 3 is 3.04 bits per heavy atom. The average molecular weight is 342 g/mol. The summed E-state index contributed by atoms with van der Waals surface area (Å²) in [6, 6.07) is 7.38. The summed E-state index contributed by atoms with van der Waals surface area (Å²) in [4.78, 5) is 18.9. The van der Waals surface area contributed by atoms with Crippen LogP contribution >= 0.6 is 0 Å². The number of ether oxygens (including phenoxy) is 2. The molecule has 2 aliphatic heterocycles. The number of carbonyl (C=O) groups is 1. The summed E-state index contributed by atoms with van der Waals surface area (Å²) < 4.78 is 13.7. The number of hydrogen-bond acceptors (Lipinski definition) is 5. The van der Waals surface area contributed by atoms with Crippen LogP contribution in [-0.2, 0) is 11.8 Å². The minimum atomic E-state index is -0.314. The zero-order valence-electron chi connectivity index (χ0n) is 14.3. The van der Waals surface area contributed by atoms with Crippen LogP contribution < -0.4 is 4.74 Å². The van der Waals surface area contributed by atoms with Crippen molar-refractivity contribution in [1.29, 1.82) is 0 Å². The minimum Gasteiger partial charge on any atom is -0.472 e. The number of rotatable bonds is 3. The van der Waals surface area contributed by atoms with E-state index in [1.165, 1.54) is 0 Å². The van der Waals surface area contributed by atoms with Crippen LogP contribution in [0.5, 0.6) is 5.88 Å². The molecule has 4 heterocycles. The van der Waals surface area contributed by atoms with Crippen LogP contribution in [0.2, 0.25) is 0 Å². The van der Waals surface area contributed by atoms with Gasteiger partial charge in [-0.25, -0.2) is 4.98 Å². The molecule has 2 aliphatic rings. The third kappa shape index (κ3) is 3.24. The first-order chi connectivity index (χ1) is 12.2. The van der Waals surface area contributed by atoms with Gasteiger partial charge in [-0.3, -0.25) is 9.48 Å². The van der Waals surface area contributed by atoms with Gasteiger partial charge in [0.2, 0.25) is 5.88 Å². The van der Waals surface area contributed by atoms with Crippen LogP contribution in [0, 0.1) is 0 Å². The number of likely N-dealkylation sites (tertiary alicyclic amines) is 1. The molecule has 2 atom stereocenters. The second kappa shape index (κ2) is 6.48. The van der Waals surface area contributed by atoms with E-state index in [1.54, 1.807) is 30.2 Å². The Hall–Kier alpha value is -2.41. The lowest BCUT2D eigenvalue weighted by Gasteiger charge is -2.39. The Morgan fingerprint density at radius 2 is 2.28 bits per heavy atom. The number of carbonyl (C=O) groups excluding carboxylic acids is 1. The van der Waals surface area contributed by atoms with Crippen molar-refractivity contribution in [2.24, 2.45) is 7.05 Å². The molecule has 0 aliphatic carbocycles. The zero-order chi connectivity index (χ0) is 17.3. The smallest absolute Gasteiger partial charge is 0.272 e. The molecule has 0 saturated carbocycles. The molecule has 2 saturated heterocycles. The molecule has 0 bridgehead atoms. The SMILES string of the molecule is Cn1nccc1C(=O)N1CCC[C@]2(C[C@H](Oc3ccccn3)CO2)C1. The normalized spacial score (nSPS) is 26.1. The van der Waals surface area contributed by atoms with Gasteiger partial charge in [-0.2, -0.15) is 5.10 Å². The molecular weight excluding hydrogens is 320 g/mol. The highest BCUT2D eigenvalue weighted by molar-refractivity contribution is 5.92. The monoisotopic (exact) mass is 342 g/mol. The number of piperidine rings is 1. The molecule has 2 aromatic rings. The Bertz CT molecular complexity index is 748. The van der Waals surface area contributed by atoms with Crippen LogP contribution in [0.25, 0.3) is 0 Å². The zero-order valence-corrected chi connectivity index (χ0v) is 14.3. The molecule has 0 N–H and O–H groups in total. The maximum atomic E-state index is 12.8. The highest BCUT2D eigenvalue weighted by Crippen LogP contribution is 2.36. The van der Waals surface area contributed by atoms with Gasteiger partial charge in [-0.15, -0.1) is 0 Å². The maximum absolute atomic E-state index is 12.8. The van der Waals surface area contributed by atoms with Crippen molar-refractivity contribution in [2.75, 3.05) is 19.7 Å². The first-order valence-electron chi connectivity index (χ1n) is 8.64. The summed E-state index contributed by atoms with van der Waals surface area (Å²) in [5, 5.41) is 4.09. The van der Waals surface area contributed by atoms with Gasteiger partial charge < -0.3 is 14.4 Å². The molecule has 2 fully saturated rings. The first-order valence-corrected chi connectivity index (χ1v) is 8.64. The molecule has 7 heteroatoms. The van der Waals surface area contributed by atoms with E-state index in [1.807, 2.05) is 23.1 Å². The maximum Gasteiger partial charge on any atom is 0.272 e. The fourth-order valence-corrected chi connectivity index (χ4v) is 3.77. The topological polar surface area (TPSA) is 69.5 Å². The minimum absolute atomic E-state index is 0.0109. The van der Waals surface area contributed by atoms with E-state index >= 15 is 0 Å². The molecule has 0 unspecified atom stereocenters. The standard InChI is InChI=1S/C18H22N4O3/c1-21-15(6-9-20-21)17(23)22-10-4-7-18(13-22)11-14(12-24-18)25-16-5-2-3-8-19-16/h2-3,5-6,8-9,14H,4,7,10-13H2,1H3/t14-,18-/m0/s1. The lowest BCUT2D eigenvalue weighted by atomic mass is 9.89. The predicted molar refractivity (Wildman–Crippen MR) is 90.3 cm³/mol. The molecule has 25 heavy (non-hydrogen) atoms. The summed E-state index contributed by atoms with van der Waals surface area (Å²) in [7, 11) is 1.79. The van der Waals surface area contributed by atoms with Crippen LogP contribution in [0.3, 0.4) is 0 Å². The first kappa shape index (κ1) is 16.1. The van der Waals surface area contributed by atoms with Gasteiger partial charge in [-0.1, -0.05) is 6.07 Å². The number of aromatic nitrogens is 3. The highest BCUT2D eigenvalue weighted by Gasteiger charge is 2.45. The van der Waals surface area contributed by atoms with Gasteiger partial charge in [-0.05, 0) is 25.0 Å². The molecule has 7 nitrogen and oxygen atoms in total. The average Bonchev–Trinajstić information content (AvgIpc) is 3.22. The molecule has 1 spiro atoms. The van der Waals surface area contributed by atoms with Crippen molar-refractivity contribution >= 4 is 5.91 Å². The molecular formula is C18H22N4O3. The van der Waals surface area contributed by atoms with E-state index in [2.05, 4.69) is 10.1 Å². The largest absolute Gasteiger partial charge is 0.472 e. The summed E-state index contributed by atoms with van der Waals surface area (Å²) >= 11 is 0. The quantitative estimate of drug-likeness (QED) is 0.848. The highest BCUT2D eigenvalue weighted by atomic mass is 16.6. The van der Waals surface area contributed by atoms with Crippen LogP contribution in [-0.4, -0.2) is 57.0 Å². The molecule has 2 aromatic heterocycles. The Balaban J connectivity index is 1.42. The lowest BCUT2D eigenvalue weighted by Crippen LogP contribution is -2.50. The summed E-state index contributed by atoms with van der Waals surface area (Å²) in [5.74, 6) is 0.628. The number of aryl methyl sites for hydroxylation is 1. The molecule has 132 valence electrons. The second-order valence-corrected chi connectivity index (χ2v) is 6.78. The van der Waals surface area contributed by atoms with Crippen molar-refractivity contribution in [1.82, 2.24) is 19.7 Å². The Morgan fingerprint density at radius 1 is 1.36 bits per heavy atom. The van der Waals surface area contributed by atoms with Crippen molar-refractivity contribution in [3.8, 4) is 5.88 Å². The number of hydrogen-bond donors (Lipinski definition) is 0. The lowest BCUT2D eigenvalue weighted by molar-refractivity contribution is -0.0455. The van der Waals surface area contributed by atoms with Crippen molar-refractivity contribution in [2.45, 2.75) is 31.0 Å².